The second-order valence-electron chi connectivity index (χ2n) is 1.76. The summed E-state index contributed by atoms with van der Waals surface area (Å²) in [6.45, 7) is 0. The van der Waals surface area contributed by atoms with Crippen molar-refractivity contribution in [1.29, 1.82) is 0 Å². The molecule has 1 radical (unpaired) electrons. The van der Waals surface area contributed by atoms with E-state index in [1.165, 1.54) is 4.46 Å². The Hall–Kier alpha value is 0.0590. The Labute approximate surface area is 73.7 Å². The van der Waals surface area contributed by atoms with Gasteiger partial charge in [0.1, 0.15) is 0 Å². The van der Waals surface area contributed by atoms with Crippen LogP contribution in [0.15, 0.2) is 24.3 Å². The molecule has 0 bridgehead atoms. The first-order valence-electron chi connectivity index (χ1n) is 2.80. The topological polar surface area (TPSA) is 9.23 Å². The van der Waals surface area contributed by atoms with Crippen LogP contribution in [0.1, 0.15) is 0 Å². The van der Waals surface area contributed by atoms with Crippen LogP contribution in [-0.4, -0.2) is 34.4 Å². The molecule has 1 nitrogen and oxygen atoms in total. The number of rotatable bonds is 2. The SMILES string of the molecule is COc1cccc([Se][Se])c1. The van der Waals surface area contributed by atoms with Crippen LogP contribution >= 0.6 is 0 Å². The summed E-state index contributed by atoms with van der Waals surface area (Å²) in [5.41, 5.74) is 0. The standard InChI is InChI=1S/C7H7OSe2/c1-8-6-3-2-4-7(5-6)10-9/h2-5H,1H3. The van der Waals surface area contributed by atoms with Gasteiger partial charge in [-0.1, -0.05) is 0 Å². The molecule has 0 atom stereocenters. The van der Waals surface area contributed by atoms with E-state index in [0.29, 0.717) is 13.1 Å². The summed E-state index contributed by atoms with van der Waals surface area (Å²) in [7, 11) is 1.69. The molecule has 0 saturated heterocycles. The fourth-order valence-corrected chi connectivity index (χ4v) is 2.41. The van der Waals surface area contributed by atoms with Crippen LogP contribution in [0.5, 0.6) is 5.75 Å². The van der Waals surface area contributed by atoms with E-state index in [-0.39, 0.29) is 0 Å². The zero-order chi connectivity index (χ0) is 7.40. The van der Waals surface area contributed by atoms with Crippen LogP contribution < -0.4 is 9.20 Å². The first kappa shape index (κ1) is 8.16. The fourth-order valence-electron chi connectivity index (χ4n) is 0.653. The van der Waals surface area contributed by atoms with E-state index in [9.17, 15) is 0 Å². The van der Waals surface area contributed by atoms with Crippen LogP contribution in [0.4, 0.5) is 0 Å². The first-order chi connectivity index (χ1) is 4.86. The Balaban J connectivity index is 2.87. The average molecular weight is 265 g/mol. The van der Waals surface area contributed by atoms with E-state index in [4.69, 9.17) is 4.74 Å². The Morgan fingerprint density at radius 3 is 2.90 bits per heavy atom. The summed E-state index contributed by atoms with van der Waals surface area (Å²) in [6, 6.07) is 8.11. The third-order valence-electron chi connectivity index (χ3n) is 1.14. The van der Waals surface area contributed by atoms with Crippen LogP contribution in [-0.2, 0) is 0 Å². The number of methoxy groups -OCH3 is 1. The molecule has 0 aliphatic rings. The van der Waals surface area contributed by atoms with E-state index >= 15 is 0 Å². The molecular formula is C7H7OSe2. The van der Waals surface area contributed by atoms with Crippen molar-refractivity contribution in [2.24, 2.45) is 0 Å². The molecule has 0 saturated carbocycles. The fraction of sp³-hybridized carbons (Fsp3) is 0.143. The molecule has 1 rings (SSSR count). The van der Waals surface area contributed by atoms with Gasteiger partial charge in [-0.25, -0.2) is 0 Å². The van der Waals surface area contributed by atoms with Gasteiger partial charge < -0.3 is 0 Å². The van der Waals surface area contributed by atoms with Crippen molar-refractivity contribution in [2.75, 3.05) is 7.11 Å². The van der Waals surface area contributed by atoms with Crippen molar-refractivity contribution in [3.8, 4) is 5.75 Å². The van der Waals surface area contributed by atoms with E-state index < -0.39 is 0 Å². The summed E-state index contributed by atoms with van der Waals surface area (Å²) in [5.74, 6) is 0.939. The molecule has 0 aliphatic heterocycles. The molecule has 0 unspecified atom stereocenters. The Bertz CT molecular complexity index is 193. The van der Waals surface area contributed by atoms with Gasteiger partial charge in [-0.05, 0) is 0 Å². The van der Waals surface area contributed by atoms with Gasteiger partial charge in [0.15, 0.2) is 0 Å². The van der Waals surface area contributed by atoms with Gasteiger partial charge in [-0.3, -0.25) is 0 Å². The van der Waals surface area contributed by atoms with Gasteiger partial charge >= 0.3 is 73.6 Å². The molecule has 0 aromatic heterocycles. The monoisotopic (exact) mass is 267 g/mol. The molecule has 53 valence electrons. The molecule has 1 aromatic carbocycles. The Morgan fingerprint density at radius 2 is 2.30 bits per heavy atom. The van der Waals surface area contributed by atoms with E-state index in [2.05, 4.69) is 26.3 Å². The summed E-state index contributed by atoms with van der Waals surface area (Å²) >= 11 is 3.47. The van der Waals surface area contributed by atoms with Crippen LogP contribution in [0.3, 0.4) is 0 Å². The second kappa shape index (κ2) is 4.05. The molecule has 0 aliphatic carbocycles. The van der Waals surface area contributed by atoms with Crippen molar-refractivity contribution in [3.05, 3.63) is 24.3 Å². The number of hydrogen-bond donors (Lipinski definition) is 0. The zero-order valence-electron chi connectivity index (χ0n) is 5.53. The van der Waals surface area contributed by atoms with Crippen LogP contribution in [0, 0.1) is 0 Å². The predicted octanol–water partition coefficient (Wildman–Crippen LogP) is 0.108. The molecule has 0 fully saturated rings. The zero-order valence-corrected chi connectivity index (χ0v) is 8.96. The number of ether oxygens (including phenoxy) is 1. The van der Waals surface area contributed by atoms with E-state index in [1.54, 1.807) is 7.11 Å². The second-order valence-corrected chi connectivity index (χ2v) is 4.92. The minimum atomic E-state index is 0.453. The van der Waals surface area contributed by atoms with Crippen molar-refractivity contribution in [3.63, 3.8) is 0 Å². The van der Waals surface area contributed by atoms with Crippen LogP contribution in [0.2, 0.25) is 0 Å². The first-order valence-corrected chi connectivity index (χ1v) is 7.99. The van der Waals surface area contributed by atoms with Gasteiger partial charge in [0, 0.05) is 0 Å². The maximum absolute atomic E-state index is 5.05. The third-order valence-corrected chi connectivity index (χ3v) is 4.17. The molecule has 0 amide bonds. The molecule has 3 heteroatoms. The van der Waals surface area contributed by atoms with Gasteiger partial charge in [0.2, 0.25) is 0 Å². The average Bonchev–Trinajstić information content (AvgIpc) is 2.05. The molecule has 1 aromatic rings. The van der Waals surface area contributed by atoms with Gasteiger partial charge in [0.25, 0.3) is 0 Å². The minimum absolute atomic E-state index is 0.453. The van der Waals surface area contributed by atoms with E-state index in [0.717, 1.165) is 5.75 Å². The molecule has 10 heavy (non-hydrogen) atoms. The predicted molar refractivity (Wildman–Crippen MR) is 44.1 cm³/mol. The summed E-state index contributed by atoms with van der Waals surface area (Å²) < 4.78 is 6.38. The Morgan fingerprint density at radius 1 is 1.50 bits per heavy atom. The molecule has 0 spiro atoms. The van der Waals surface area contributed by atoms with Gasteiger partial charge in [-0.2, -0.15) is 0 Å². The summed E-state index contributed by atoms with van der Waals surface area (Å²) in [6.07, 6.45) is 0. The van der Waals surface area contributed by atoms with Gasteiger partial charge in [-0.15, -0.1) is 0 Å². The van der Waals surface area contributed by atoms with Crippen molar-refractivity contribution < 1.29 is 4.74 Å². The normalized spacial score (nSPS) is 9.40. The summed E-state index contributed by atoms with van der Waals surface area (Å²) in [4.78, 5) is 0. The number of hydrogen-bond acceptors (Lipinski definition) is 1. The molecule has 0 heterocycles. The molecule has 0 N–H and O–H groups in total. The quantitative estimate of drug-likeness (QED) is 0.690. The van der Waals surface area contributed by atoms with Gasteiger partial charge in [0.05, 0.1) is 0 Å². The molecular weight excluding hydrogens is 258 g/mol. The van der Waals surface area contributed by atoms with E-state index in [1.807, 2.05) is 12.1 Å². The summed E-state index contributed by atoms with van der Waals surface area (Å²) in [5, 5.41) is 0. The van der Waals surface area contributed by atoms with Crippen LogP contribution in [0.25, 0.3) is 0 Å². The maximum atomic E-state index is 5.05. The third kappa shape index (κ3) is 2.03. The Kier molecular flexibility index (Phi) is 3.30. The number of benzene rings is 1. The van der Waals surface area contributed by atoms with Crippen molar-refractivity contribution in [1.82, 2.24) is 0 Å². The van der Waals surface area contributed by atoms with Crippen molar-refractivity contribution >= 4 is 31.8 Å². The van der Waals surface area contributed by atoms with Crippen molar-refractivity contribution in [2.45, 2.75) is 0 Å².